The van der Waals surface area contributed by atoms with E-state index in [-0.39, 0.29) is 98.6 Å². The Morgan fingerprint density at radius 3 is 1.66 bits per heavy atom. The van der Waals surface area contributed by atoms with E-state index in [9.17, 15) is 72.5 Å². The third-order valence-electron chi connectivity index (χ3n) is 26.9. The fourth-order valence-electron chi connectivity index (χ4n) is 19.3. The topological polar surface area (TPSA) is 450 Å². The lowest BCUT2D eigenvalue weighted by Crippen LogP contribution is -2.64. The van der Waals surface area contributed by atoms with Crippen LogP contribution in [0.15, 0.2) is 36.0 Å². The number of carbonyl (C=O) groups excluding carboxylic acids is 17. The molecule has 5 rings (SSSR count). The number of nitrogens with zero attached hydrogens (tertiary/aromatic N) is 7. The van der Waals surface area contributed by atoms with E-state index in [1.165, 1.54) is 84.0 Å². The van der Waals surface area contributed by atoms with Gasteiger partial charge in [0.05, 0.1) is 19.1 Å². The number of rotatable bonds is 27. The van der Waals surface area contributed by atoms with Crippen LogP contribution >= 0.6 is 0 Å². The molecule has 0 aromatic rings. The highest BCUT2D eigenvalue weighted by molar-refractivity contribution is 6.02. The second-order valence-electron chi connectivity index (χ2n) is 39.6. The maximum Gasteiger partial charge on any atom is 0.511 e. The third kappa shape index (κ3) is 27.0. The molecule has 129 heavy (non-hydrogen) atoms. The molecule has 0 bridgehead atoms. The number of ketones is 2. The van der Waals surface area contributed by atoms with Crippen LogP contribution in [0.2, 0.25) is 0 Å². The third-order valence-corrected chi connectivity index (χ3v) is 26.9. The fourth-order valence-corrected chi connectivity index (χ4v) is 19.3. The molecule has 1 heterocycles. The highest BCUT2D eigenvalue weighted by Gasteiger charge is 2.68. The molecule has 0 aromatic heterocycles. The molecule has 12 amide bonds. The molecule has 4 aliphatic carbocycles. The monoisotopic (exact) mass is 1820 g/mol. The molecule has 1 saturated heterocycles. The van der Waals surface area contributed by atoms with Crippen molar-refractivity contribution in [2.45, 2.75) is 313 Å². The lowest BCUT2D eigenvalue weighted by molar-refractivity contribution is -0.181. The second-order valence-corrected chi connectivity index (χ2v) is 39.6. The standard InChI is InChI=1S/C94H152N12O23/c1-29-31-32-57(17)79(129-91(124)128-49-127-73(112)36-35-71(110)98-76(55(13)14)90(123)126-48-70(109)94(125)40-38-63-62-34-33-60-45-61(107)37-39-92(60,20)74(62)69(108)46-93(63,94)21)78-83(116)97-64(30-2)85(118)100(22)47-72(111)101(23)65(41-50(3)4)82(115)99-75(54(11)12)88(121)102(24)66(42-51(5)6)81(114)95-58(18)80(113)96-59(19)84(117)103(25)67(43-52(7)8)86(119)104(26)68(44-53(9)10)87(120)105(27)77(56(15)16)89(122)106(78)28/h29,31,37,39,45,50-59,62-69,74-79,108,125H,30,32-36,38,40-44,46-49H2,1-28H3,(H,95,114)(H,96,113)(H,97,116)(H,98,110)(H,99,115)/b31-29+/t57-,58?,59?,62?,63?,64+,65+,66-,67?,68-,69+,74?,75?,76?,77?,78-,79?,92+,93+,94+/m1/s1. The second kappa shape index (κ2) is 47.4. The van der Waals surface area contributed by atoms with Crippen molar-refractivity contribution in [3.63, 3.8) is 0 Å². The van der Waals surface area contributed by atoms with E-state index < -0.39 is 246 Å². The number of likely N-dealkylation sites (N-methyl/N-ethyl adjacent to an activating group) is 7. The highest BCUT2D eigenvalue weighted by atomic mass is 16.8. The van der Waals surface area contributed by atoms with Crippen LogP contribution in [0.25, 0.3) is 0 Å². The van der Waals surface area contributed by atoms with Crippen LogP contribution in [0, 0.1) is 75.9 Å². The molecule has 0 aromatic carbocycles. The Morgan fingerprint density at radius 1 is 0.589 bits per heavy atom. The van der Waals surface area contributed by atoms with Crippen LogP contribution in [-0.2, 0) is 95.7 Å². The number of fused-ring (bicyclic) bond motifs is 5. The van der Waals surface area contributed by atoms with Gasteiger partial charge in [0.2, 0.25) is 83.5 Å². The molecule has 0 radical (unpaired) electrons. The first-order chi connectivity index (χ1) is 59.9. The molecule has 35 heteroatoms. The van der Waals surface area contributed by atoms with Crippen LogP contribution in [0.3, 0.4) is 0 Å². The number of ether oxygens (including phenoxy) is 4. The van der Waals surface area contributed by atoms with Gasteiger partial charge in [0.25, 0.3) is 0 Å². The van der Waals surface area contributed by atoms with Crippen molar-refractivity contribution in [3.05, 3.63) is 36.0 Å². The zero-order valence-electron chi connectivity index (χ0n) is 81.7. The molecule has 726 valence electrons. The van der Waals surface area contributed by atoms with Gasteiger partial charge >= 0.3 is 18.1 Å². The lowest BCUT2D eigenvalue weighted by Gasteiger charge is -2.59. The molecule has 1 aliphatic heterocycles. The quantitative estimate of drug-likeness (QED) is 0.0215. The molecular weight excluding hydrogens is 1670 g/mol. The van der Waals surface area contributed by atoms with E-state index in [2.05, 4.69) is 26.6 Å². The Morgan fingerprint density at radius 2 is 1.12 bits per heavy atom. The first kappa shape index (κ1) is 110. The van der Waals surface area contributed by atoms with Gasteiger partial charge in [0.1, 0.15) is 78.2 Å². The van der Waals surface area contributed by atoms with Crippen molar-refractivity contribution in [1.82, 2.24) is 60.9 Å². The van der Waals surface area contributed by atoms with E-state index in [0.29, 0.717) is 19.3 Å². The number of allylic oxidation sites excluding steroid dienone is 6. The summed E-state index contributed by atoms with van der Waals surface area (Å²) in [6.07, 6.45) is 4.97. The highest BCUT2D eigenvalue weighted by Crippen LogP contribution is 2.67. The fraction of sp³-hybridized carbons (Fsp3) is 0.755. The van der Waals surface area contributed by atoms with Crippen molar-refractivity contribution in [3.8, 4) is 0 Å². The van der Waals surface area contributed by atoms with E-state index in [4.69, 9.17) is 18.9 Å². The molecule has 10 unspecified atom stereocenters. The molecule has 5 aliphatic rings. The molecule has 4 fully saturated rings. The van der Waals surface area contributed by atoms with Crippen molar-refractivity contribution in [2.24, 2.45) is 75.9 Å². The van der Waals surface area contributed by atoms with Gasteiger partial charge in [0.15, 0.2) is 12.4 Å². The summed E-state index contributed by atoms with van der Waals surface area (Å²) < 4.78 is 22.2. The van der Waals surface area contributed by atoms with Gasteiger partial charge in [-0.2, -0.15) is 0 Å². The van der Waals surface area contributed by atoms with E-state index in [1.807, 2.05) is 68.4 Å². The summed E-state index contributed by atoms with van der Waals surface area (Å²) in [5.41, 5.74) is -2.70. The first-order valence-corrected chi connectivity index (χ1v) is 45.9. The summed E-state index contributed by atoms with van der Waals surface area (Å²) in [5, 5.41) is 37.7. The zero-order valence-corrected chi connectivity index (χ0v) is 81.7. The number of hydrogen-bond acceptors (Lipinski definition) is 23. The number of Topliss-reactive ketones (excluding diaryl/α,β-unsaturated/α-hetero) is 1. The molecular formula is C94H152N12O23. The number of carbonyl (C=O) groups is 17. The van der Waals surface area contributed by atoms with Crippen LogP contribution in [-0.4, -0.2) is 299 Å². The number of esters is 2. The Labute approximate surface area is 762 Å². The predicted molar refractivity (Wildman–Crippen MR) is 480 cm³/mol. The van der Waals surface area contributed by atoms with Gasteiger partial charge in [-0.1, -0.05) is 148 Å². The molecule has 35 nitrogen and oxygen atoms in total. The predicted octanol–water partition coefficient (Wildman–Crippen LogP) is 5.97. The number of aliphatic hydroxyl groups is 2. The molecule has 20 atom stereocenters. The lowest BCUT2D eigenvalue weighted by atomic mass is 9.46. The maximum atomic E-state index is 15.9. The number of amides is 12. The summed E-state index contributed by atoms with van der Waals surface area (Å²) in [5.74, 6) is -16.8. The average Bonchev–Trinajstić information content (AvgIpc) is 1.58. The summed E-state index contributed by atoms with van der Waals surface area (Å²) in [6, 6.07) is -15.2. The van der Waals surface area contributed by atoms with Crippen molar-refractivity contribution < 1.29 is 111 Å². The van der Waals surface area contributed by atoms with Crippen molar-refractivity contribution in [1.29, 1.82) is 0 Å². The van der Waals surface area contributed by atoms with Gasteiger partial charge in [-0.15, -0.1) is 0 Å². The number of nitrogens with one attached hydrogen (secondary N) is 5. The summed E-state index contributed by atoms with van der Waals surface area (Å²) >= 11 is 0. The minimum Gasteiger partial charge on any atom is -0.456 e. The molecule has 7 N–H and O–H groups in total. The average molecular weight is 1820 g/mol. The first-order valence-electron chi connectivity index (χ1n) is 45.9. The van der Waals surface area contributed by atoms with Crippen LogP contribution < -0.4 is 26.6 Å². The number of hydrogen-bond donors (Lipinski definition) is 7. The van der Waals surface area contributed by atoms with Gasteiger partial charge in [0, 0.05) is 72.5 Å². The van der Waals surface area contributed by atoms with Gasteiger partial charge in [-0.3, -0.25) is 71.9 Å². The van der Waals surface area contributed by atoms with Gasteiger partial charge in [-0.05, 0) is 163 Å². The normalized spacial score (nSPS) is 29.6. The van der Waals surface area contributed by atoms with Gasteiger partial charge in [-0.25, -0.2) is 9.59 Å². The summed E-state index contributed by atoms with van der Waals surface area (Å²) in [6.45, 7) is 33.2. The minimum atomic E-state index is -1.97. The van der Waals surface area contributed by atoms with Crippen molar-refractivity contribution in [2.75, 3.05) is 69.3 Å². The largest absolute Gasteiger partial charge is 0.511 e. The molecule has 0 spiro atoms. The molecule has 3 saturated carbocycles. The summed E-state index contributed by atoms with van der Waals surface area (Å²) in [4.78, 5) is 254. The smallest absolute Gasteiger partial charge is 0.456 e. The van der Waals surface area contributed by atoms with Crippen molar-refractivity contribution >= 4 is 101 Å². The Balaban J connectivity index is 1.49. The zero-order chi connectivity index (χ0) is 98.0. The van der Waals surface area contributed by atoms with Crippen LogP contribution in [0.4, 0.5) is 4.79 Å². The van der Waals surface area contributed by atoms with Crippen LogP contribution in [0.5, 0.6) is 0 Å². The Bertz CT molecular complexity index is 4140. The minimum absolute atomic E-state index is 0.0205. The Hall–Kier alpha value is -9.67. The van der Waals surface area contributed by atoms with Crippen LogP contribution in [0.1, 0.15) is 229 Å². The van der Waals surface area contributed by atoms with E-state index in [0.717, 1.165) is 25.2 Å². The van der Waals surface area contributed by atoms with E-state index >= 15 is 19.2 Å². The van der Waals surface area contributed by atoms with Gasteiger partial charge < -0.3 is 90.0 Å². The SMILES string of the molecule is C/C=C/C[C@@H](C)C(OC(=O)OCOC(=O)CCC(=O)NC(C(=O)OCC(=O)[C@@]1(O)CCC2C3CCC4=CC(=O)C=C[C@]4(C)C3[C@@H](O)C[C@@]21C)C(C)C)[C@@H]1C(=O)N[C@@H](CC)C(=O)N(C)CC(=O)N(C)[C@@H](CC(C)C)C(=O)NC(C(C)C)C(=O)N(C)[C@H](CC(C)C)C(=O)NC(C)C(=O)NC(C)C(=O)N(C)C(CC(C)C)C(=O)N(C)[C@H](CC(C)C)C(=O)N(C)C(C(C)C)C(=O)N1C. The maximum absolute atomic E-state index is 15.9. The van der Waals surface area contributed by atoms with E-state index in [1.54, 1.807) is 87.5 Å². The number of aliphatic hydroxyl groups excluding tert-OH is 1. The Kier molecular flexibility index (Phi) is 40.4. The summed E-state index contributed by atoms with van der Waals surface area (Å²) in [7, 11) is 9.42.